The highest BCUT2D eigenvalue weighted by Gasteiger charge is 2.35. The van der Waals surface area contributed by atoms with Crippen LogP contribution in [0.3, 0.4) is 0 Å². The third-order valence-electron chi connectivity index (χ3n) is 4.58. The van der Waals surface area contributed by atoms with Crippen molar-refractivity contribution < 1.29 is 14.3 Å². The van der Waals surface area contributed by atoms with Crippen molar-refractivity contribution in [3.8, 4) is 0 Å². The van der Waals surface area contributed by atoms with Crippen LogP contribution in [-0.2, 0) is 0 Å². The minimum absolute atomic E-state index is 0.0115. The molecule has 8 heteroatoms. The van der Waals surface area contributed by atoms with Gasteiger partial charge in [0, 0.05) is 32.5 Å². The number of hydrogen-bond acceptors (Lipinski definition) is 5. The normalized spacial score (nSPS) is 22.8. The fourth-order valence-electron chi connectivity index (χ4n) is 3.16. The molecule has 1 fully saturated rings. The van der Waals surface area contributed by atoms with Gasteiger partial charge in [0.1, 0.15) is 11.6 Å². The summed E-state index contributed by atoms with van der Waals surface area (Å²) >= 11 is 0. The van der Waals surface area contributed by atoms with Crippen molar-refractivity contribution in [3.63, 3.8) is 0 Å². The van der Waals surface area contributed by atoms with Crippen molar-refractivity contribution in [2.75, 3.05) is 25.5 Å². The van der Waals surface area contributed by atoms with Crippen LogP contribution in [0.15, 0.2) is 24.3 Å². The minimum atomic E-state index is -0.553. The topological polar surface area (TPSA) is 94.1 Å². The third-order valence-corrected chi connectivity index (χ3v) is 4.58. The average molecular weight is 347 g/mol. The predicted octanol–water partition coefficient (Wildman–Crippen LogP) is 1.29. The second kappa shape index (κ2) is 7.18. The lowest BCUT2D eigenvalue weighted by atomic mass is 10.0. The maximum atomic E-state index is 13.6. The molecule has 0 radical (unpaired) electrons. The second-order valence-corrected chi connectivity index (χ2v) is 6.60. The van der Waals surface area contributed by atoms with Crippen LogP contribution in [0.5, 0.6) is 0 Å². The Morgan fingerprint density at radius 1 is 1.40 bits per heavy atom. The zero-order valence-electron chi connectivity index (χ0n) is 14.2. The molecule has 1 aromatic heterocycles. The van der Waals surface area contributed by atoms with Crippen LogP contribution >= 0.6 is 0 Å². The summed E-state index contributed by atoms with van der Waals surface area (Å²) < 4.78 is 13.6. The van der Waals surface area contributed by atoms with Crippen molar-refractivity contribution in [3.05, 3.63) is 41.5 Å². The molecule has 25 heavy (non-hydrogen) atoms. The van der Waals surface area contributed by atoms with Crippen molar-refractivity contribution in [1.82, 2.24) is 20.5 Å². The first kappa shape index (κ1) is 17.3. The van der Waals surface area contributed by atoms with E-state index in [4.69, 9.17) is 0 Å². The van der Waals surface area contributed by atoms with Gasteiger partial charge in [-0.3, -0.25) is 9.89 Å². The van der Waals surface area contributed by atoms with Gasteiger partial charge in [0.25, 0.3) is 5.91 Å². The molecular weight excluding hydrogens is 325 g/mol. The molecule has 1 aromatic carbocycles. The van der Waals surface area contributed by atoms with E-state index in [9.17, 15) is 14.3 Å². The molecule has 0 spiro atoms. The molecule has 0 aliphatic heterocycles. The highest BCUT2D eigenvalue weighted by Crippen LogP contribution is 2.37. The Hall–Kier alpha value is -2.48. The van der Waals surface area contributed by atoms with Crippen LogP contribution in [0, 0.1) is 11.7 Å². The molecule has 1 saturated carbocycles. The number of rotatable bonds is 5. The number of nitrogens with one attached hydrogen (secondary N) is 2. The molecule has 1 heterocycles. The first-order valence-corrected chi connectivity index (χ1v) is 8.26. The van der Waals surface area contributed by atoms with Crippen LogP contribution in [0.1, 0.15) is 34.9 Å². The molecule has 0 saturated heterocycles. The summed E-state index contributed by atoms with van der Waals surface area (Å²) in [4.78, 5) is 18.3. The van der Waals surface area contributed by atoms with Crippen LogP contribution in [0.2, 0.25) is 0 Å². The van der Waals surface area contributed by atoms with Gasteiger partial charge in [-0.25, -0.2) is 4.39 Å². The first-order chi connectivity index (χ1) is 12.0. The molecule has 3 atom stereocenters. The van der Waals surface area contributed by atoms with E-state index in [1.54, 1.807) is 11.0 Å². The van der Waals surface area contributed by atoms with Gasteiger partial charge in [0.05, 0.1) is 11.7 Å². The maximum absolute atomic E-state index is 13.6. The van der Waals surface area contributed by atoms with Crippen molar-refractivity contribution in [2.24, 2.45) is 5.92 Å². The number of halogens is 1. The number of aliphatic hydroxyl groups excluding tert-OH is 1. The molecule has 0 bridgehead atoms. The van der Waals surface area contributed by atoms with Gasteiger partial charge in [-0.15, -0.1) is 5.10 Å². The number of hydrogen-bond donors (Lipinski definition) is 3. The number of aromatic nitrogens is 3. The Kier molecular flexibility index (Phi) is 4.98. The number of aromatic amines is 1. The van der Waals surface area contributed by atoms with Gasteiger partial charge in [-0.05, 0) is 25.0 Å². The van der Waals surface area contributed by atoms with Crippen molar-refractivity contribution in [2.45, 2.75) is 24.9 Å². The molecule has 7 nitrogen and oxygen atoms in total. The Morgan fingerprint density at radius 2 is 2.16 bits per heavy atom. The molecule has 1 aliphatic rings. The third kappa shape index (κ3) is 3.79. The Balaban J connectivity index is 1.58. The van der Waals surface area contributed by atoms with Crippen molar-refractivity contribution >= 4 is 11.9 Å². The van der Waals surface area contributed by atoms with Crippen LogP contribution in [0.25, 0.3) is 0 Å². The standard InChI is InChI=1S/C17H22FN5O2/c1-23(2)17-20-15(21-22-17)10-7-11(14(24)8-10)9-19-16(25)12-5-3-4-6-13(12)18/h3-6,10-11,14,24H,7-9H2,1-2H3,(H,19,25)(H,20,21,22)/t10-,11+,14+/m0/s1. The lowest BCUT2D eigenvalue weighted by molar-refractivity contribution is 0.0913. The number of H-pyrrole nitrogens is 1. The van der Waals surface area contributed by atoms with Gasteiger partial charge >= 0.3 is 0 Å². The predicted molar refractivity (Wildman–Crippen MR) is 90.9 cm³/mol. The number of aliphatic hydroxyl groups is 1. The molecule has 3 rings (SSSR count). The highest BCUT2D eigenvalue weighted by molar-refractivity contribution is 5.94. The second-order valence-electron chi connectivity index (χ2n) is 6.60. The highest BCUT2D eigenvalue weighted by atomic mass is 19.1. The summed E-state index contributed by atoms with van der Waals surface area (Å²) in [7, 11) is 3.72. The van der Waals surface area contributed by atoms with Gasteiger partial charge < -0.3 is 15.3 Å². The van der Waals surface area contributed by atoms with Crippen molar-refractivity contribution in [1.29, 1.82) is 0 Å². The zero-order valence-corrected chi connectivity index (χ0v) is 14.2. The Labute approximate surface area is 145 Å². The van der Waals surface area contributed by atoms with Crippen LogP contribution in [-0.4, -0.2) is 52.9 Å². The maximum Gasteiger partial charge on any atom is 0.254 e. The van der Waals surface area contributed by atoms with E-state index < -0.39 is 17.8 Å². The molecule has 0 unspecified atom stereocenters. The van der Waals surface area contributed by atoms with Gasteiger partial charge in [0.15, 0.2) is 0 Å². The molecule has 1 aliphatic carbocycles. The van der Waals surface area contributed by atoms with Crippen LogP contribution in [0.4, 0.5) is 10.3 Å². The average Bonchev–Trinajstić information content (AvgIpc) is 3.20. The number of benzene rings is 1. The van der Waals surface area contributed by atoms with E-state index in [1.807, 2.05) is 14.1 Å². The summed E-state index contributed by atoms with van der Waals surface area (Å²) in [6, 6.07) is 5.85. The van der Waals surface area contributed by atoms with Gasteiger partial charge in [0.2, 0.25) is 5.95 Å². The molecular formula is C17H22FN5O2. The summed E-state index contributed by atoms with van der Waals surface area (Å²) in [5, 5.41) is 20.0. The number of nitrogens with zero attached hydrogens (tertiary/aromatic N) is 3. The van der Waals surface area contributed by atoms with E-state index >= 15 is 0 Å². The Morgan fingerprint density at radius 3 is 2.84 bits per heavy atom. The summed E-state index contributed by atoms with van der Waals surface area (Å²) in [5.74, 6) is 0.276. The van der Waals surface area contributed by atoms with Gasteiger partial charge in [-0.2, -0.15) is 4.98 Å². The quantitative estimate of drug-likeness (QED) is 0.758. The molecule has 3 N–H and O–H groups in total. The van der Waals surface area contributed by atoms with Gasteiger partial charge in [-0.1, -0.05) is 12.1 Å². The van der Waals surface area contributed by atoms with E-state index in [0.717, 1.165) is 5.82 Å². The van der Waals surface area contributed by atoms with E-state index in [-0.39, 0.29) is 17.4 Å². The number of amides is 1. The van der Waals surface area contributed by atoms with E-state index in [1.165, 1.54) is 18.2 Å². The summed E-state index contributed by atoms with van der Waals surface area (Å²) in [5.41, 5.74) is 0.0115. The Bertz CT molecular complexity index is 748. The lowest BCUT2D eigenvalue weighted by Gasteiger charge is -2.15. The fourth-order valence-corrected chi connectivity index (χ4v) is 3.16. The molecule has 134 valence electrons. The number of carbonyl (C=O) groups is 1. The molecule has 2 aromatic rings. The summed E-state index contributed by atoms with van der Waals surface area (Å²) in [6.45, 7) is 0.291. The zero-order chi connectivity index (χ0) is 18.0. The number of anilines is 1. The van der Waals surface area contributed by atoms with Crippen LogP contribution < -0.4 is 10.2 Å². The number of carbonyl (C=O) groups excluding carboxylic acids is 1. The SMILES string of the molecule is CN(C)c1n[nH]c([C@H]2C[C@H](CNC(=O)c3ccccc3F)[C@H](O)C2)n1. The van der Waals surface area contributed by atoms with E-state index in [0.29, 0.717) is 25.3 Å². The molecule has 1 amide bonds. The smallest absolute Gasteiger partial charge is 0.254 e. The fraction of sp³-hybridized carbons (Fsp3) is 0.471. The van der Waals surface area contributed by atoms with E-state index in [2.05, 4.69) is 20.5 Å². The lowest BCUT2D eigenvalue weighted by Crippen LogP contribution is -2.32. The summed E-state index contributed by atoms with van der Waals surface area (Å²) in [6.07, 6.45) is 0.696. The monoisotopic (exact) mass is 347 g/mol. The first-order valence-electron chi connectivity index (χ1n) is 8.26. The largest absolute Gasteiger partial charge is 0.393 e. The minimum Gasteiger partial charge on any atom is -0.393 e.